The lowest BCUT2D eigenvalue weighted by Crippen LogP contribution is -2.50. The third-order valence-electron chi connectivity index (χ3n) is 7.67. The lowest BCUT2D eigenvalue weighted by atomic mass is 9.88. The molecule has 0 bridgehead atoms. The van der Waals surface area contributed by atoms with E-state index in [0.717, 1.165) is 50.7 Å². The summed E-state index contributed by atoms with van der Waals surface area (Å²) in [6, 6.07) is -0.0513. The second kappa shape index (κ2) is 13.8. The van der Waals surface area contributed by atoms with E-state index in [4.69, 9.17) is 14.2 Å². The summed E-state index contributed by atoms with van der Waals surface area (Å²) in [6.45, 7) is 10.7. The van der Waals surface area contributed by atoms with Crippen molar-refractivity contribution in [3.8, 4) is 0 Å². The molecule has 1 amide bonds. The molecule has 208 valence electrons. The Morgan fingerprint density at radius 1 is 1.19 bits per heavy atom. The number of nitrogens with one attached hydrogen (secondary N) is 1. The van der Waals surface area contributed by atoms with Crippen LogP contribution in [-0.4, -0.2) is 65.6 Å². The lowest BCUT2D eigenvalue weighted by Gasteiger charge is -2.39. The van der Waals surface area contributed by atoms with Crippen molar-refractivity contribution in [2.45, 2.75) is 128 Å². The molecule has 37 heavy (non-hydrogen) atoms. The van der Waals surface area contributed by atoms with Crippen LogP contribution in [0.5, 0.6) is 0 Å². The monoisotopic (exact) mass is 517 g/mol. The topological polar surface area (TPSA) is 97.4 Å². The van der Waals surface area contributed by atoms with E-state index in [1.54, 1.807) is 6.92 Å². The van der Waals surface area contributed by atoms with Crippen molar-refractivity contribution in [2.24, 2.45) is 5.92 Å². The predicted molar refractivity (Wildman–Crippen MR) is 144 cm³/mol. The zero-order valence-corrected chi connectivity index (χ0v) is 23.3. The number of aliphatic hydroxyl groups excluding tert-OH is 1. The summed E-state index contributed by atoms with van der Waals surface area (Å²) < 4.78 is 18.3. The number of rotatable bonds is 12. The molecule has 1 spiro atoms. The maximum Gasteiger partial charge on any atom is 0.244 e. The van der Waals surface area contributed by atoms with Gasteiger partial charge in [0.15, 0.2) is 0 Å². The molecule has 8 atom stereocenters. The van der Waals surface area contributed by atoms with E-state index in [9.17, 15) is 14.7 Å². The minimum atomic E-state index is -0.646. The smallest absolute Gasteiger partial charge is 0.244 e. The van der Waals surface area contributed by atoms with Gasteiger partial charge in [-0.3, -0.25) is 9.59 Å². The number of unbranched alkanes of at least 4 members (excludes halogenated alkanes) is 1. The molecule has 0 aromatic heterocycles. The first-order valence-corrected chi connectivity index (χ1v) is 14.1. The molecule has 2 N–H and O–H groups in total. The van der Waals surface area contributed by atoms with Gasteiger partial charge in [0, 0.05) is 31.8 Å². The first-order chi connectivity index (χ1) is 17.6. The highest BCUT2D eigenvalue weighted by Gasteiger charge is 2.51. The number of epoxide rings is 1. The van der Waals surface area contributed by atoms with Crippen LogP contribution in [0.15, 0.2) is 36.0 Å². The fourth-order valence-electron chi connectivity index (χ4n) is 5.31. The number of carbonyl (C=O) groups is 2. The van der Waals surface area contributed by atoms with Gasteiger partial charge < -0.3 is 24.6 Å². The third-order valence-corrected chi connectivity index (χ3v) is 7.67. The van der Waals surface area contributed by atoms with Gasteiger partial charge in [-0.25, -0.2) is 0 Å². The lowest BCUT2D eigenvalue weighted by molar-refractivity contribution is -0.126. The molecule has 0 aromatic rings. The van der Waals surface area contributed by atoms with Crippen molar-refractivity contribution in [1.82, 2.24) is 5.32 Å². The van der Waals surface area contributed by atoms with Crippen molar-refractivity contribution in [3.05, 3.63) is 36.0 Å². The molecule has 3 fully saturated rings. The van der Waals surface area contributed by atoms with Crippen LogP contribution in [0.4, 0.5) is 0 Å². The first kappa shape index (κ1) is 29.8. The molecular weight excluding hydrogens is 470 g/mol. The Kier molecular flexibility index (Phi) is 11.1. The first-order valence-electron chi connectivity index (χ1n) is 14.1. The van der Waals surface area contributed by atoms with Crippen LogP contribution < -0.4 is 5.32 Å². The van der Waals surface area contributed by atoms with Gasteiger partial charge in [0.05, 0.1) is 48.8 Å². The Morgan fingerprint density at radius 2 is 1.95 bits per heavy atom. The van der Waals surface area contributed by atoms with Crippen molar-refractivity contribution in [2.75, 3.05) is 6.61 Å². The van der Waals surface area contributed by atoms with E-state index in [1.165, 1.54) is 12.2 Å². The molecule has 3 saturated heterocycles. The quantitative estimate of drug-likeness (QED) is 0.223. The van der Waals surface area contributed by atoms with Gasteiger partial charge in [0.25, 0.3) is 0 Å². The summed E-state index contributed by atoms with van der Waals surface area (Å²) >= 11 is 0. The highest BCUT2D eigenvalue weighted by Crippen LogP contribution is 2.43. The molecule has 3 aliphatic heterocycles. The Bertz CT molecular complexity index is 858. The molecule has 3 heterocycles. The van der Waals surface area contributed by atoms with E-state index in [1.807, 2.05) is 6.92 Å². The van der Waals surface area contributed by atoms with Gasteiger partial charge in [-0.2, -0.15) is 0 Å². The predicted octanol–water partition coefficient (Wildman–Crippen LogP) is 4.58. The Morgan fingerprint density at radius 3 is 2.62 bits per heavy atom. The summed E-state index contributed by atoms with van der Waals surface area (Å²) in [6.07, 6.45) is 14.9. The van der Waals surface area contributed by atoms with Gasteiger partial charge in [0.2, 0.25) is 5.91 Å². The summed E-state index contributed by atoms with van der Waals surface area (Å²) in [4.78, 5) is 24.4. The maximum atomic E-state index is 12.3. The van der Waals surface area contributed by atoms with Crippen molar-refractivity contribution >= 4 is 11.7 Å². The molecular formula is C30H47NO6. The van der Waals surface area contributed by atoms with E-state index < -0.39 is 6.10 Å². The van der Waals surface area contributed by atoms with Crippen LogP contribution >= 0.6 is 0 Å². The minimum absolute atomic E-state index is 0.0410. The van der Waals surface area contributed by atoms with Crippen molar-refractivity contribution in [1.29, 1.82) is 0 Å². The molecule has 0 aromatic carbocycles. The van der Waals surface area contributed by atoms with Crippen LogP contribution in [0.3, 0.4) is 0 Å². The Labute approximate surface area is 222 Å². The van der Waals surface area contributed by atoms with Crippen LogP contribution in [0.25, 0.3) is 0 Å². The summed E-state index contributed by atoms with van der Waals surface area (Å²) in [7, 11) is 0. The highest BCUT2D eigenvalue weighted by atomic mass is 16.6. The van der Waals surface area contributed by atoms with Crippen molar-refractivity contribution in [3.63, 3.8) is 0 Å². The maximum absolute atomic E-state index is 12.3. The van der Waals surface area contributed by atoms with Crippen LogP contribution in [-0.2, 0) is 23.8 Å². The van der Waals surface area contributed by atoms with Crippen LogP contribution in [0, 0.1) is 5.92 Å². The van der Waals surface area contributed by atoms with E-state index in [2.05, 4.69) is 44.3 Å². The molecule has 0 unspecified atom stereocenters. The van der Waals surface area contributed by atoms with Gasteiger partial charge in [-0.15, -0.1) is 0 Å². The third kappa shape index (κ3) is 9.78. The van der Waals surface area contributed by atoms with E-state index >= 15 is 0 Å². The summed E-state index contributed by atoms with van der Waals surface area (Å²) in [5.41, 5.74) is 1.05. The Hall–Kier alpha value is -1.80. The average Bonchev–Trinajstić information content (AvgIpc) is 3.58. The summed E-state index contributed by atoms with van der Waals surface area (Å²) in [5.74, 6) is 0.385. The zero-order chi connectivity index (χ0) is 27.0. The molecule has 0 saturated carbocycles. The van der Waals surface area contributed by atoms with Crippen LogP contribution in [0.1, 0.15) is 86.0 Å². The second-order valence-corrected chi connectivity index (χ2v) is 11.4. The Balaban J connectivity index is 1.48. The summed E-state index contributed by atoms with van der Waals surface area (Å²) in [5, 5.41) is 12.3. The van der Waals surface area contributed by atoms with Crippen molar-refractivity contribution < 1.29 is 28.9 Å². The van der Waals surface area contributed by atoms with Crippen LogP contribution in [0.2, 0.25) is 0 Å². The second-order valence-electron chi connectivity index (χ2n) is 11.4. The molecule has 0 aliphatic carbocycles. The van der Waals surface area contributed by atoms with Gasteiger partial charge >= 0.3 is 0 Å². The number of amides is 1. The number of Topliss-reactive ketones (excluding diaryl/α,β-unsaturated/α-hetero) is 1. The number of aliphatic hydroxyl groups is 1. The largest absolute Gasteiger partial charge is 0.389 e. The van der Waals surface area contributed by atoms with Gasteiger partial charge in [0.1, 0.15) is 5.78 Å². The number of carbonyl (C=O) groups excluding carboxylic acids is 2. The molecule has 7 nitrogen and oxygen atoms in total. The molecule has 3 rings (SSSR count). The molecule has 7 heteroatoms. The fraction of sp³-hybridized carbons (Fsp3) is 0.733. The number of ether oxygens (including phenoxy) is 3. The van der Waals surface area contributed by atoms with Gasteiger partial charge in [-0.05, 0) is 46.0 Å². The van der Waals surface area contributed by atoms with Gasteiger partial charge in [-0.1, -0.05) is 50.1 Å². The highest BCUT2D eigenvalue weighted by molar-refractivity contribution is 5.87. The molecule has 3 aliphatic rings. The standard InChI is InChI=1S/C30H47NO6/c1-6-7-8-24(33)16-26-18-30(19-35-30)17-25(37-26)12-9-20(2)10-13-28-21(3)15-27(23(5)36-28)31-29(34)14-11-22(4)32/h9-12,14,21-23,25-28,32H,6-8,13,15-19H2,1-5H3,(H,31,34)/b12-9+,14-11-,20-10+/t21-,22-,23+,25+,26+,27+,28-,30+/m0/s1. The zero-order valence-electron chi connectivity index (χ0n) is 23.3. The minimum Gasteiger partial charge on any atom is -0.389 e. The normalized spacial score (nSPS) is 35.2. The SMILES string of the molecule is CCCCC(=O)C[C@@H]1C[C@@]2(CO2)C[C@@H](/C=C/C(C)=C/C[C@@H]2O[C@H](C)[C@H](NC(=O)/C=C\[C@H](C)O)C[C@@H]2C)O1. The number of allylic oxidation sites excluding steroid dienone is 2. The molecule has 0 radical (unpaired) electrons. The van der Waals surface area contributed by atoms with E-state index in [-0.39, 0.29) is 47.7 Å². The fourth-order valence-corrected chi connectivity index (χ4v) is 5.31. The average molecular weight is 518 g/mol. The number of hydrogen-bond acceptors (Lipinski definition) is 6. The number of hydrogen-bond donors (Lipinski definition) is 2. The van der Waals surface area contributed by atoms with E-state index in [0.29, 0.717) is 18.8 Å². The number of ketones is 1.